The van der Waals surface area contributed by atoms with Gasteiger partial charge in [-0.3, -0.25) is 0 Å². The molecule has 0 amide bonds. The van der Waals surface area contributed by atoms with Crippen molar-refractivity contribution in [2.45, 2.75) is 19.9 Å². The normalized spacial score (nSPS) is 11.8. The fraction of sp³-hybridized carbons (Fsp3) is 0.312. The van der Waals surface area contributed by atoms with E-state index in [0.717, 1.165) is 11.8 Å². The number of nitrogens with zero attached hydrogens (tertiary/aromatic N) is 4. The van der Waals surface area contributed by atoms with Crippen molar-refractivity contribution in [2.24, 2.45) is 0 Å². The smallest absolute Gasteiger partial charge is 0.208 e. The zero-order valence-electron chi connectivity index (χ0n) is 14.1. The third-order valence-corrected chi connectivity index (χ3v) is 4.36. The zero-order chi connectivity index (χ0) is 17.9. The molecule has 0 saturated carbocycles. The van der Waals surface area contributed by atoms with Gasteiger partial charge in [0, 0.05) is 19.5 Å². The van der Waals surface area contributed by atoms with Crippen LogP contribution in [0.2, 0.25) is 0 Å². The van der Waals surface area contributed by atoms with Gasteiger partial charge in [0.25, 0.3) is 0 Å². The van der Waals surface area contributed by atoms with Crippen LogP contribution >= 0.6 is 0 Å². The molecule has 132 valence electrons. The average Bonchev–Trinajstić information content (AvgIpc) is 2.96. The van der Waals surface area contributed by atoms with Crippen molar-refractivity contribution in [3.63, 3.8) is 0 Å². The highest BCUT2D eigenvalue weighted by Gasteiger charge is 2.09. The van der Waals surface area contributed by atoms with Crippen LogP contribution in [0.25, 0.3) is 5.65 Å². The Morgan fingerprint density at radius 1 is 1.08 bits per heavy atom. The maximum Gasteiger partial charge on any atom is 0.208 e. The summed E-state index contributed by atoms with van der Waals surface area (Å²) in [6.45, 7) is 2.97. The van der Waals surface area contributed by atoms with Gasteiger partial charge in [0.2, 0.25) is 10.0 Å². The van der Waals surface area contributed by atoms with Crippen molar-refractivity contribution in [3.05, 3.63) is 53.3 Å². The summed E-state index contributed by atoms with van der Waals surface area (Å²) in [5.74, 6) is 1.30. The van der Waals surface area contributed by atoms with Crippen LogP contribution in [-0.4, -0.2) is 41.0 Å². The summed E-state index contributed by atoms with van der Waals surface area (Å²) in [6.07, 6.45) is 1.53. The first kappa shape index (κ1) is 17.3. The van der Waals surface area contributed by atoms with E-state index in [2.05, 4.69) is 56.5 Å². The number of nitrogens with one attached hydrogen (secondary N) is 2. The molecule has 8 nitrogen and oxygen atoms in total. The lowest BCUT2D eigenvalue weighted by atomic mass is 10.1. The summed E-state index contributed by atoms with van der Waals surface area (Å²) in [4.78, 5) is 0. The lowest BCUT2D eigenvalue weighted by Gasteiger charge is -2.07. The maximum absolute atomic E-state index is 11.1. The van der Waals surface area contributed by atoms with Crippen LogP contribution in [0, 0.1) is 6.92 Å². The number of fused-ring (bicyclic) bond motifs is 1. The SMILES string of the molecule is Cc1ccc(CNc2ccc3nnc(CCNS(C)(=O)=O)n3n2)cc1. The predicted molar refractivity (Wildman–Crippen MR) is 95.8 cm³/mol. The molecule has 2 N–H and O–H groups in total. The topological polar surface area (TPSA) is 101 Å². The number of rotatable bonds is 7. The second-order valence-corrected chi connectivity index (χ2v) is 7.69. The van der Waals surface area contributed by atoms with Gasteiger partial charge in [0.1, 0.15) is 5.82 Å². The summed E-state index contributed by atoms with van der Waals surface area (Å²) >= 11 is 0. The van der Waals surface area contributed by atoms with E-state index in [1.807, 2.05) is 12.1 Å². The van der Waals surface area contributed by atoms with E-state index in [1.165, 1.54) is 5.56 Å². The minimum atomic E-state index is -3.22. The standard InChI is InChI=1S/C16H20N6O2S/c1-12-3-5-13(6-4-12)11-17-14-7-8-15-19-20-16(22(15)21-14)9-10-18-25(2,23)24/h3-8,18H,9-11H2,1-2H3,(H,17,21). The molecule has 0 saturated heterocycles. The van der Waals surface area contributed by atoms with Crippen LogP contribution in [0.3, 0.4) is 0 Å². The molecule has 0 unspecified atom stereocenters. The maximum atomic E-state index is 11.1. The molecular weight excluding hydrogens is 340 g/mol. The summed E-state index contributed by atoms with van der Waals surface area (Å²) in [6, 6.07) is 12.0. The van der Waals surface area contributed by atoms with Gasteiger partial charge in [0.05, 0.1) is 6.26 Å². The first-order valence-corrected chi connectivity index (χ1v) is 9.75. The van der Waals surface area contributed by atoms with Gasteiger partial charge < -0.3 is 5.32 Å². The molecule has 3 rings (SSSR count). The van der Waals surface area contributed by atoms with Crippen LogP contribution < -0.4 is 10.0 Å². The molecule has 0 bridgehead atoms. The Balaban J connectivity index is 1.70. The first-order valence-electron chi connectivity index (χ1n) is 7.86. The van der Waals surface area contributed by atoms with E-state index in [1.54, 1.807) is 4.52 Å². The number of sulfonamides is 1. The molecule has 2 aromatic heterocycles. The summed E-state index contributed by atoms with van der Waals surface area (Å²) in [5, 5.41) is 15.9. The largest absolute Gasteiger partial charge is 0.365 e. The van der Waals surface area contributed by atoms with Gasteiger partial charge in [-0.2, -0.15) is 4.52 Å². The van der Waals surface area contributed by atoms with E-state index in [0.29, 0.717) is 30.3 Å². The molecule has 9 heteroatoms. The second-order valence-electron chi connectivity index (χ2n) is 5.86. The van der Waals surface area contributed by atoms with Gasteiger partial charge in [-0.1, -0.05) is 29.8 Å². The minimum Gasteiger partial charge on any atom is -0.365 e. The average molecular weight is 360 g/mol. The number of anilines is 1. The van der Waals surface area contributed by atoms with Gasteiger partial charge in [0.15, 0.2) is 11.5 Å². The molecule has 0 radical (unpaired) electrons. The quantitative estimate of drug-likeness (QED) is 0.655. The highest BCUT2D eigenvalue weighted by atomic mass is 32.2. The molecule has 3 aromatic rings. The molecule has 0 aliphatic heterocycles. The minimum absolute atomic E-state index is 0.252. The van der Waals surface area contributed by atoms with Crippen LogP contribution in [-0.2, 0) is 23.0 Å². The highest BCUT2D eigenvalue weighted by Crippen LogP contribution is 2.10. The van der Waals surface area contributed by atoms with Gasteiger partial charge in [-0.25, -0.2) is 13.1 Å². The lowest BCUT2D eigenvalue weighted by molar-refractivity contribution is 0.586. The van der Waals surface area contributed by atoms with E-state index in [-0.39, 0.29) is 6.54 Å². The molecule has 0 aliphatic carbocycles. The Hall–Kier alpha value is -2.52. The van der Waals surface area contributed by atoms with Crippen molar-refractivity contribution >= 4 is 21.5 Å². The lowest BCUT2D eigenvalue weighted by Crippen LogP contribution is -2.25. The van der Waals surface area contributed by atoms with Gasteiger partial charge in [-0.15, -0.1) is 15.3 Å². The molecule has 0 atom stereocenters. The molecule has 0 fully saturated rings. The zero-order valence-corrected chi connectivity index (χ0v) is 14.9. The molecule has 1 aromatic carbocycles. The number of aromatic nitrogens is 4. The van der Waals surface area contributed by atoms with Crippen molar-refractivity contribution in [1.29, 1.82) is 0 Å². The number of hydrogen-bond acceptors (Lipinski definition) is 6. The van der Waals surface area contributed by atoms with E-state index in [9.17, 15) is 8.42 Å². The molecular formula is C16H20N6O2S. The Morgan fingerprint density at radius 2 is 1.84 bits per heavy atom. The Kier molecular flexibility index (Phi) is 4.95. The highest BCUT2D eigenvalue weighted by molar-refractivity contribution is 7.88. The second kappa shape index (κ2) is 7.16. The third kappa shape index (κ3) is 4.74. The van der Waals surface area contributed by atoms with E-state index < -0.39 is 10.0 Å². The van der Waals surface area contributed by atoms with Crippen LogP contribution in [0.15, 0.2) is 36.4 Å². The molecule has 0 spiro atoms. The van der Waals surface area contributed by atoms with Gasteiger partial charge in [-0.05, 0) is 24.6 Å². The first-order chi connectivity index (χ1) is 11.9. The van der Waals surface area contributed by atoms with Crippen LogP contribution in [0.1, 0.15) is 17.0 Å². The van der Waals surface area contributed by atoms with Crippen molar-refractivity contribution in [2.75, 3.05) is 18.1 Å². The Labute approximate surface area is 146 Å². The van der Waals surface area contributed by atoms with Crippen molar-refractivity contribution in [1.82, 2.24) is 24.5 Å². The predicted octanol–water partition coefficient (Wildman–Crippen LogP) is 1.14. The third-order valence-electron chi connectivity index (χ3n) is 3.63. The fourth-order valence-corrected chi connectivity index (χ4v) is 2.80. The number of hydrogen-bond donors (Lipinski definition) is 2. The van der Waals surface area contributed by atoms with E-state index in [4.69, 9.17) is 0 Å². The molecule has 25 heavy (non-hydrogen) atoms. The fourth-order valence-electron chi connectivity index (χ4n) is 2.33. The van der Waals surface area contributed by atoms with Crippen LogP contribution in [0.4, 0.5) is 5.82 Å². The Bertz CT molecular complexity index is 966. The van der Waals surface area contributed by atoms with Crippen molar-refractivity contribution < 1.29 is 8.42 Å². The summed E-state index contributed by atoms with van der Waals surface area (Å²) in [7, 11) is -3.22. The van der Waals surface area contributed by atoms with E-state index >= 15 is 0 Å². The summed E-state index contributed by atoms with van der Waals surface area (Å²) < 4.78 is 26.3. The molecule has 2 heterocycles. The van der Waals surface area contributed by atoms with Gasteiger partial charge >= 0.3 is 0 Å². The molecule has 0 aliphatic rings. The van der Waals surface area contributed by atoms with Crippen molar-refractivity contribution in [3.8, 4) is 0 Å². The number of aryl methyl sites for hydroxylation is 1. The summed E-state index contributed by atoms with van der Waals surface area (Å²) in [5.41, 5.74) is 3.00. The number of benzene rings is 1. The monoisotopic (exact) mass is 360 g/mol. The Morgan fingerprint density at radius 3 is 2.56 bits per heavy atom. The van der Waals surface area contributed by atoms with Crippen LogP contribution in [0.5, 0.6) is 0 Å².